The first-order chi connectivity index (χ1) is 8.08. The fraction of sp³-hybridized carbons (Fsp3) is 0.846. The van der Waals surface area contributed by atoms with Gasteiger partial charge in [-0.2, -0.15) is 0 Å². The fourth-order valence-electron chi connectivity index (χ4n) is 1.86. The Morgan fingerprint density at radius 2 is 1.72 bits per heavy atom. The molecule has 0 aliphatic heterocycles. The van der Waals surface area contributed by atoms with Gasteiger partial charge in [-0.25, -0.2) is 0 Å². The summed E-state index contributed by atoms with van der Waals surface area (Å²) in [7, 11) is 0. The molecule has 2 unspecified atom stereocenters. The normalized spacial score (nSPS) is 15.3. The second kappa shape index (κ2) is 6.73. The van der Waals surface area contributed by atoms with Crippen molar-refractivity contribution in [3.8, 4) is 0 Å². The lowest BCUT2D eigenvalue weighted by atomic mass is 9.84. The third-order valence-electron chi connectivity index (χ3n) is 2.79. The van der Waals surface area contributed by atoms with Crippen LogP contribution in [0.3, 0.4) is 0 Å². The number of amides is 2. The highest BCUT2D eigenvalue weighted by Gasteiger charge is 2.28. The Kier molecular flexibility index (Phi) is 6.32. The highest BCUT2D eigenvalue weighted by molar-refractivity contribution is 5.87. The van der Waals surface area contributed by atoms with Gasteiger partial charge < -0.3 is 16.8 Å². The van der Waals surface area contributed by atoms with Crippen LogP contribution >= 0.6 is 0 Å². The van der Waals surface area contributed by atoms with Crippen LogP contribution in [0.15, 0.2) is 0 Å². The Morgan fingerprint density at radius 1 is 1.22 bits per heavy atom. The first kappa shape index (κ1) is 16.9. The number of nitrogens with one attached hydrogen (secondary N) is 1. The van der Waals surface area contributed by atoms with E-state index in [0.717, 1.165) is 0 Å². The van der Waals surface area contributed by atoms with E-state index in [9.17, 15) is 9.59 Å². The molecule has 0 aromatic rings. The van der Waals surface area contributed by atoms with E-state index in [0.29, 0.717) is 6.42 Å². The van der Waals surface area contributed by atoms with Gasteiger partial charge in [0.05, 0.1) is 5.92 Å². The first-order valence-electron chi connectivity index (χ1n) is 6.38. The summed E-state index contributed by atoms with van der Waals surface area (Å²) in [5, 5.41) is 2.70. The Morgan fingerprint density at radius 3 is 2.00 bits per heavy atom. The van der Waals surface area contributed by atoms with E-state index in [4.69, 9.17) is 11.5 Å². The average molecular weight is 257 g/mol. The van der Waals surface area contributed by atoms with Crippen LogP contribution in [0.1, 0.15) is 41.0 Å². The Hall–Kier alpha value is -1.10. The lowest BCUT2D eigenvalue weighted by Gasteiger charge is -2.27. The van der Waals surface area contributed by atoms with Crippen LogP contribution in [0.4, 0.5) is 0 Å². The van der Waals surface area contributed by atoms with Gasteiger partial charge in [-0.05, 0) is 17.8 Å². The molecule has 0 bridgehead atoms. The molecule has 2 amide bonds. The fourth-order valence-corrected chi connectivity index (χ4v) is 1.86. The van der Waals surface area contributed by atoms with E-state index in [-0.39, 0.29) is 29.7 Å². The van der Waals surface area contributed by atoms with Gasteiger partial charge in [-0.3, -0.25) is 9.59 Å². The molecule has 5 heteroatoms. The quantitative estimate of drug-likeness (QED) is 0.650. The van der Waals surface area contributed by atoms with E-state index in [1.807, 2.05) is 13.8 Å². The van der Waals surface area contributed by atoms with Gasteiger partial charge in [0.15, 0.2) is 0 Å². The minimum absolute atomic E-state index is 0.0153. The summed E-state index contributed by atoms with van der Waals surface area (Å²) in [6.07, 6.45) is 0.679. The number of hydrogen-bond acceptors (Lipinski definition) is 3. The van der Waals surface area contributed by atoms with Gasteiger partial charge >= 0.3 is 0 Å². The molecule has 0 fully saturated rings. The summed E-state index contributed by atoms with van der Waals surface area (Å²) in [6.45, 7) is 10.1. The van der Waals surface area contributed by atoms with Crippen LogP contribution in [0.5, 0.6) is 0 Å². The van der Waals surface area contributed by atoms with Gasteiger partial charge in [-0.15, -0.1) is 0 Å². The van der Waals surface area contributed by atoms with Crippen LogP contribution in [0, 0.1) is 17.3 Å². The summed E-state index contributed by atoms with van der Waals surface area (Å²) in [5.74, 6) is -1.01. The highest BCUT2D eigenvalue weighted by Crippen LogP contribution is 2.24. The van der Waals surface area contributed by atoms with Crippen molar-refractivity contribution in [3.05, 3.63) is 0 Å². The molecular weight excluding hydrogens is 230 g/mol. The third kappa shape index (κ3) is 6.00. The van der Waals surface area contributed by atoms with Crippen LogP contribution in [0.25, 0.3) is 0 Å². The lowest BCUT2D eigenvalue weighted by molar-refractivity contribution is -0.131. The maximum Gasteiger partial charge on any atom is 0.240 e. The molecule has 2 atom stereocenters. The van der Waals surface area contributed by atoms with Crippen LogP contribution in [-0.2, 0) is 9.59 Å². The van der Waals surface area contributed by atoms with Crippen molar-refractivity contribution in [2.45, 2.75) is 47.1 Å². The van der Waals surface area contributed by atoms with E-state index in [1.54, 1.807) is 0 Å². The highest BCUT2D eigenvalue weighted by atomic mass is 16.2. The molecule has 5 N–H and O–H groups in total. The molecule has 106 valence electrons. The third-order valence-corrected chi connectivity index (χ3v) is 2.79. The van der Waals surface area contributed by atoms with Crippen molar-refractivity contribution in [2.75, 3.05) is 6.54 Å². The molecule has 0 saturated heterocycles. The van der Waals surface area contributed by atoms with Gasteiger partial charge in [0.25, 0.3) is 0 Å². The zero-order chi connectivity index (χ0) is 14.5. The molecule has 0 spiro atoms. The Balaban J connectivity index is 4.65. The molecule has 0 aromatic heterocycles. The number of nitrogens with two attached hydrogens (primary N) is 2. The largest absolute Gasteiger partial charge is 0.368 e. The van der Waals surface area contributed by atoms with Crippen LogP contribution in [0.2, 0.25) is 0 Å². The zero-order valence-electron chi connectivity index (χ0n) is 12.1. The molecular formula is C13H27N3O2. The first-order valence-corrected chi connectivity index (χ1v) is 6.38. The standard InChI is InChI=1S/C13H27N3O2/c1-8(2)10(11(15)17)16-12(18)9(7-14)6-13(3,4)5/h8-10H,6-7,14H2,1-5H3,(H2,15,17)(H,16,18). The van der Waals surface area contributed by atoms with Gasteiger partial charge in [0.1, 0.15) is 6.04 Å². The van der Waals surface area contributed by atoms with E-state index >= 15 is 0 Å². The minimum Gasteiger partial charge on any atom is -0.368 e. The van der Waals surface area contributed by atoms with E-state index in [2.05, 4.69) is 26.1 Å². The number of hydrogen-bond donors (Lipinski definition) is 3. The lowest BCUT2D eigenvalue weighted by Crippen LogP contribution is -2.50. The number of carbonyl (C=O) groups excluding carboxylic acids is 2. The second-order valence-corrected chi connectivity index (χ2v) is 6.33. The maximum atomic E-state index is 12.1. The summed E-state index contributed by atoms with van der Waals surface area (Å²) >= 11 is 0. The van der Waals surface area contributed by atoms with Crippen LogP contribution < -0.4 is 16.8 Å². The van der Waals surface area contributed by atoms with Gasteiger partial charge in [-0.1, -0.05) is 34.6 Å². The average Bonchev–Trinajstić information content (AvgIpc) is 2.19. The topological polar surface area (TPSA) is 98.2 Å². The molecule has 0 aromatic carbocycles. The van der Waals surface area contributed by atoms with Crippen molar-refractivity contribution < 1.29 is 9.59 Å². The van der Waals surface area contributed by atoms with Crippen LogP contribution in [-0.4, -0.2) is 24.4 Å². The van der Waals surface area contributed by atoms with E-state index < -0.39 is 11.9 Å². The predicted octanol–water partition coefficient (Wildman–Crippen LogP) is 0.624. The van der Waals surface area contributed by atoms with Gasteiger partial charge in [0.2, 0.25) is 11.8 Å². The number of rotatable bonds is 6. The van der Waals surface area contributed by atoms with E-state index in [1.165, 1.54) is 0 Å². The second-order valence-electron chi connectivity index (χ2n) is 6.33. The molecule has 0 aliphatic carbocycles. The SMILES string of the molecule is CC(C)C(NC(=O)C(CN)CC(C)(C)C)C(N)=O. The molecule has 5 nitrogen and oxygen atoms in total. The Bertz CT molecular complexity index is 295. The Labute approximate surface area is 110 Å². The predicted molar refractivity (Wildman–Crippen MR) is 72.6 cm³/mol. The zero-order valence-corrected chi connectivity index (χ0v) is 12.1. The molecule has 0 radical (unpaired) electrons. The molecule has 0 saturated carbocycles. The van der Waals surface area contributed by atoms with Crippen molar-refractivity contribution in [3.63, 3.8) is 0 Å². The summed E-state index contributed by atoms with van der Waals surface area (Å²) in [5.41, 5.74) is 10.9. The van der Waals surface area contributed by atoms with Crippen molar-refractivity contribution in [2.24, 2.45) is 28.7 Å². The van der Waals surface area contributed by atoms with Crippen molar-refractivity contribution in [1.29, 1.82) is 0 Å². The summed E-state index contributed by atoms with van der Waals surface area (Å²) in [6, 6.07) is -0.633. The maximum absolute atomic E-state index is 12.1. The monoisotopic (exact) mass is 257 g/mol. The smallest absolute Gasteiger partial charge is 0.240 e. The molecule has 0 rings (SSSR count). The number of carbonyl (C=O) groups is 2. The van der Waals surface area contributed by atoms with Gasteiger partial charge in [0, 0.05) is 6.54 Å². The molecule has 18 heavy (non-hydrogen) atoms. The molecule has 0 aliphatic rings. The van der Waals surface area contributed by atoms with Crippen molar-refractivity contribution >= 4 is 11.8 Å². The number of primary amides is 1. The summed E-state index contributed by atoms with van der Waals surface area (Å²) in [4.78, 5) is 23.3. The minimum atomic E-state index is -0.633. The summed E-state index contributed by atoms with van der Waals surface area (Å²) < 4.78 is 0. The van der Waals surface area contributed by atoms with Crippen molar-refractivity contribution in [1.82, 2.24) is 5.32 Å². The molecule has 0 heterocycles.